The molecule has 3 heterocycles. The standard InChI is InChI=1S/C11H12N4O7S2/c16-10(17)13-3-8-2-12-9(23-8)6-1-7-5-14(4-6)11(18)15(7)22-24(19,20)21/h1-2,7,13H,3-5H2,(H,16,17)(H,19,20,21). The largest absolute Gasteiger partial charge is 0.465 e. The second kappa shape index (κ2) is 6.01. The highest BCUT2D eigenvalue weighted by atomic mass is 32.3. The van der Waals surface area contributed by atoms with Crippen LogP contribution in [0.2, 0.25) is 0 Å². The fraction of sp³-hybridized carbons (Fsp3) is 0.364. The summed E-state index contributed by atoms with van der Waals surface area (Å²) in [6, 6.07) is -1.35. The van der Waals surface area contributed by atoms with Gasteiger partial charge in [0.25, 0.3) is 0 Å². The Balaban J connectivity index is 1.78. The van der Waals surface area contributed by atoms with Crippen LogP contribution in [0.5, 0.6) is 0 Å². The Hall–Kier alpha value is -2.22. The van der Waals surface area contributed by atoms with Gasteiger partial charge in [-0.05, 0) is 6.08 Å². The lowest BCUT2D eigenvalue weighted by Crippen LogP contribution is -2.35. The molecule has 0 aliphatic carbocycles. The molecule has 2 bridgehead atoms. The summed E-state index contributed by atoms with van der Waals surface area (Å²) < 4.78 is 34.7. The lowest BCUT2D eigenvalue weighted by atomic mass is 10.1. The van der Waals surface area contributed by atoms with Gasteiger partial charge in [-0.15, -0.1) is 15.6 Å². The van der Waals surface area contributed by atoms with Crippen LogP contribution in [0.1, 0.15) is 9.88 Å². The number of urea groups is 1. The summed E-state index contributed by atoms with van der Waals surface area (Å²) >= 11 is 1.26. The van der Waals surface area contributed by atoms with Crippen molar-refractivity contribution in [3.8, 4) is 0 Å². The first-order valence-corrected chi connectivity index (χ1v) is 8.79. The maximum Gasteiger partial charge on any atom is 0.418 e. The number of hydroxylamine groups is 2. The maximum atomic E-state index is 12.0. The number of amides is 3. The summed E-state index contributed by atoms with van der Waals surface area (Å²) in [5.41, 5.74) is 0.688. The highest BCUT2D eigenvalue weighted by molar-refractivity contribution is 7.80. The molecular weight excluding hydrogens is 364 g/mol. The first-order valence-electron chi connectivity index (χ1n) is 6.60. The summed E-state index contributed by atoms with van der Waals surface area (Å²) in [5.74, 6) is 0. The van der Waals surface area contributed by atoms with E-state index in [9.17, 15) is 18.0 Å². The lowest BCUT2D eigenvalue weighted by molar-refractivity contribution is -0.0183. The molecular formula is C11H12N4O7S2. The van der Waals surface area contributed by atoms with E-state index in [1.165, 1.54) is 22.4 Å². The van der Waals surface area contributed by atoms with Gasteiger partial charge in [0.2, 0.25) is 0 Å². The van der Waals surface area contributed by atoms with Gasteiger partial charge in [-0.25, -0.2) is 14.6 Å². The Bertz CT molecular complexity index is 818. The van der Waals surface area contributed by atoms with E-state index < -0.39 is 28.6 Å². The Morgan fingerprint density at radius 1 is 1.54 bits per heavy atom. The van der Waals surface area contributed by atoms with Gasteiger partial charge in [0, 0.05) is 23.2 Å². The molecule has 1 atom stereocenters. The fourth-order valence-electron chi connectivity index (χ4n) is 2.43. The minimum Gasteiger partial charge on any atom is -0.465 e. The Kier molecular flexibility index (Phi) is 4.16. The molecule has 2 aliphatic rings. The SMILES string of the molecule is O=C(O)NCc1cnc(C2=CC3CN(C2)C(=O)N3OS(=O)(=O)O)s1. The van der Waals surface area contributed by atoms with Crippen LogP contribution >= 0.6 is 11.3 Å². The summed E-state index contributed by atoms with van der Waals surface area (Å²) in [6.45, 7) is 0.557. The predicted molar refractivity (Wildman–Crippen MR) is 80.2 cm³/mol. The van der Waals surface area contributed by atoms with Crippen molar-refractivity contribution in [2.45, 2.75) is 12.6 Å². The minimum absolute atomic E-state index is 0.115. The van der Waals surface area contributed by atoms with Gasteiger partial charge in [-0.2, -0.15) is 13.5 Å². The second-order valence-corrected chi connectivity index (χ2v) is 7.16. The summed E-state index contributed by atoms with van der Waals surface area (Å²) in [6.07, 6.45) is 2.02. The van der Waals surface area contributed by atoms with Crippen LogP contribution in [0.3, 0.4) is 0 Å². The van der Waals surface area contributed by atoms with Crippen LogP contribution in [0.15, 0.2) is 12.3 Å². The van der Waals surface area contributed by atoms with E-state index in [0.717, 1.165) is 0 Å². The average Bonchev–Trinajstić information content (AvgIpc) is 3.04. The summed E-state index contributed by atoms with van der Waals surface area (Å²) in [4.78, 5) is 28.8. The Labute approximate surface area is 140 Å². The van der Waals surface area contributed by atoms with E-state index in [4.69, 9.17) is 9.66 Å². The lowest BCUT2D eigenvalue weighted by Gasteiger charge is -2.19. The van der Waals surface area contributed by atoms with Crippen molar-refractivity contribution in [2.24, 2.45) is 0 Å². The second-order valence-electron chi connectivity index (χ2n) is 5.04. The molecule has 11 nitrogen and oxygen atoms in total. The van der Waals surface area contributed by atoms with E-state index in [1.54, 1.807) is 6.08 Å². The van der Waals surface area contributed by atoms with Gasteiger partial charge in [0.1, 0.15) is 5.01 Å². The number of carbonyl (C=O) groups is 2. The highest BCUT2D eigenvalue weighted by Crippen LogP contribution is 2.31. The number of carbonyl (C=O) groups excluding carboxylic acids is 1. The van der Waals surface area contributed by atoms with Crippen LogP contribution in [0.4, 0.5) is 9.59 Å². The molecule has 2 aliphatic heterocycles. The van der Waals surface area contributed by atoms with Crippen molar-refractivity contribution in [1.82, 2.24) is 20.3 Å². The zero-order valence-electron chi connectivity index (χ0n) is 11.9. The molecule has 13 heteroatoms. The van der Waals surface area contributed by atoms with E-state index in [1.807, 2.05) is 0 Å². The monoisotopic (exact) mass is 376 g/mol. The number of nitrogens with one attached hydrogen (secondary N) is 1. The van der Waals surface area contributed by atoms with Crippen LogP contribution in [0, 0.1) is 0 Å². The number of rotatable bonds is 5. The van der Waals surface area contributed by atoms with E-state index in [2.05, 4.69) is 14.6 Å². The Morgan fingerprint density at radius 3 is 2.96 bits per heavy atom. The molecule has 1 fully saturated rings. The molecule has 1 aromatic heterocycles. The number of thiazole rings is 1. The van der Waals surface area contributed by atoms with Crippen LogP contribution in [-0.2, 0) is 21.2 Å². The van der Waals surface area contributed by atoms with Gasteiger partial charge >= 0.3 is 22.5 Å². The quantitative estimate of drug-likeness (QED) is 0.615. The molecule has 3 rings (SSSR count). The topological polar surface area (TPSA) is 149 Å². The average molecular weight is 376 g/mol. The molecule has 0 spiro atoms. The number of fused-ring (bicyclic) bond motifs is 2. The van der Waals surface area contributed by atoms with Gasteiger partial charge in [-0.1, -0.05) is 0 Å². The number of hydrogen-bond acceptors (Lipinski definition) is 7. The number of hydrogen-bond donors (Lipinski definition) is 3. The Morgan fingerprint density at radius 2 is 2.29 bits per heavy atom. The van der Waals surface area contributed by atoms with E-state index >= 15 is 0 Å². The van der Waals surface area contributed by atoms with Crippen molar-refractivity contribution in [2.75, 3.05) is 13.1 Å². The molecule has 1 aromatic rings. The molecule has 1 unspecified atom stereocenters. The third-order valence-electron chi connectivity index (χ3n) is 3.34. The normalized spacial score (nSPS) is 20.3. The van der Waals surface area contributed by atoms with Crippen molar-refractivity contribution in [3.05, 3.63) is 22.2 Å². The zero-order chi connectivity index (χ0) is 17.5. The van der Waals surface area contributed by atoms with Crippen molar-refractivity contribution >= 4 is 39.4 Å². The fourth-order valence-corrected chi connectivity index (χ4v) is 3.67. The third-order valence-corrected chi connectivity index (χ3v) is 4.76. The molecule has 24 heavy (non-hydrogen) atoms. The molecule has 130 valence electrons. The summed E-state index contributed by atoms with van der Waals surface area (Å²) in [7, 11) is -4.80. The zero-order valence-corrected chi connectivity index (χ0v) is 13.6. The minimum atomic E-state index is -4.80. The van der Waals surface area contributed by atoms with Crippen LogP contribution < -0.4 is 5.32 Å². The van der Waals surface area contributed by atoms with Gasteiger partial charge in [0.15, 0.2) is 0 Å². The smallest absolute Gasteiger partial charge is 0.418 e. The number of carboxylic acid groups (broad SMARTS) is 1. The molecule has 1 saturated heterocycles. The van der Waals surface area contributed by atoms with Gasteiger partial charge in [-0.3, -0.25) is 4.55 Å². The molecule has 3 amide bonds. The molecule has 0 saturated carbocycles. The number of nitrogens with zero attached hydrogens (tertiary/aromatic N) is 3. The van der Waals surface area contributed by atoms with Crippen LogP contribution in [-0.4, -0.2) is 64.3 Å². The molecule has 0 radical (unpaired) electrons. The van der Waals surface area contributed by atoms with E-state index in [-0.39, 0.29) is 19.6 Å². The van der Waals surface area contributed by atoms with Crippen molar-refractivity contribution in [3.63, 3.8) is 0 Å². The predicted octanol–water partition coefficient (Wildman–Crippen LogP) is 0.148. The first kappa shape index (κ1) is 16.6. The van der Waals surface area contributed by atoms with E-state index in [0.29, 0.717) is 20.5 Å². The molecule has 0 aromatic carbocycles. The third kappa shape index (κ3) is 3.48. The van der Waals surface area contributed by atoms with Gasteiger partial charge in [0.05, 0.1) is 19.1 Å². The van der Waals surface area contributed by atoms with Crippen molar-refractivity contribution in [1.29, 1.82) is 0 Å². The highest BCUT2D eigenvalue weighted by Gasteiger charge is 2.43. The first-order chi connectivity index (χ1) is 11.2. The summed E-state index contributed by atoms with van der Waals surface area (Å²) in [5, 5.41) is 12.0. The van der Waals surface area contributed by atoms with Crippen molar-refractivity contribution < 1.29 is 31.9 Å². The maximum absolute atomic E-state index is 12.0. The molecule has 3 N–H and O–H groups in total. The van der Waals surface area contributed by atoms with Gasteiger partial charge < -0.3 is 15.3 Å². The number of aromatic nitrogens is 1. The van der Waals surface area contributed by atoms with Crippen LogP contribution in [0.25, 0.3) is 5.57 Å².